The van der Waals surface area contributed by atoms with E-state index in [0.717, 1.165) is 28.1 Å². The normalized spacial score (nSPS) is 83.2. The molecule has 0 bridgehead atoms. The molecule has 8 aliphatic rings. The van der Waals surface area contributed by atoms with Gasteiger partial charge >= 0.3 is 0 Å². The highest BCUT2D eigenvalue weighted by molar-refractivity contribution is 5.39. The zero-order chi connectivity index (χ0) is 14.2. The third kappa shape index (κ3) is 0.800. The van der Waals surface area contributed by atoms with Crippen LogP contribution in [-0.4, -0.2) is 0 Å². The van der Waals surface area contributed by atoms with Gasteiger partial charge in [-0.2, -0.15) is 0 Å². The van der Waals surface area contributed by atoms with Crippen molar-refractivity contribution in [2.45, 2.75) is 58.8 Å². The highest BCUT2D eigenvalue weighted by atomic mass is 15.0. The van der Waals surface area contributed by atoms with Gasteiger partial charge in [0.05, 0.1) is 0 Å². The summed E-state index contributed by atoms with van der Waals surface area (Å²) >= 11 is 0. The second kappa shape index (κ2) is 2.78. The number of hydrogen-bond donors (Lipinski definition) is 0. The Labute approximate surface area is 134 Å². The largest absolute Gasteiger partial charge is 0.0617 e. The minimum atomic E-state index is 0.864. The molecule has 8 rings (SSSR count). The Bertz CT molecular complexity index is 636. The summed E-state index contributed by atoms with van der Waals surface area (Å²) in [7, 11) is 0. The molecule has 118 valence electrons. The van der Waals surface area contributed by atoms with Gasteiger partial charge in [0.25, 0.3) is 0 Å². The summed E-state index contributed by atoms with van der Waals surface area (Å²) in [6.07, 6.45) is 11.7. The van der Waals surface area contributed by atoms with Gasteiger partial charge in [-0.1, -0.05) is 13.8 Å². The zero-order valence-corrected chi connectivity index (χ0v) is 14.2. The van der Waals surface area contributed by atoms with Gasteiger partial charge in [-0.25, -0.2) is 0 Å². The molecule has 0 saturated heterocycles. The fourth-order valence-corrected chi connectivity index (χ4v) is 11.4. The second-order valence-electron chi connectivity index (χ2n) is 11.6. The van der Waals surface area contributed by atoms with Gasteiger partial charge in [-0.3, -0.25) is 0 Å². The molecule has 0 N–H and O–H groups in total. The van der Waals surface area contributed by atoms with Gasteiger partial charge in [0, 0.05) is 0 Å². The molecular weight excluding hydrogens is 264 g/mol. The summed E-state index contributed by atoms with van der Waals surface area (Å²) in [5, 5.41) is 0. The Hall–Kier alpha value is 0. The predicted octanol–water partition coefficient (Wildman–Crippen LogP) is 4.99. The SMILES string of the molecule is CC1C2CC2CC12C1CC1CC21C2CC2CC12C(C)C1CC12. The molecule has 0 radical (unpaired) electrons. The lowest BCUT2D eigenvalue weighted by Gasteiger charge is -2.65. The molecule has 13 atom stereocenters. The first kappa shape index (κ1) is 11.5. The van der Waals surface area contributed by atoms with E-state index in [9.17, 15) is 0 Å². The van der Waals surface area contributed by atoms with Gasteiger partial charge in [0.1, 0.15) is 0 Å². The van der Waals surface area contributed by atoms with Gasteiger partial charge in [-0.05, 0) is 120 Å². The summed E-state index contributed by atoms with van der Waals surface area (Å²) in [5.74, 6) is 11.8. The van der Waals surface area contributed by atoms with E-state index in [1.807, 2.05) is 0 Å². The van der Waals surface area contributed by atoms with Crippen molar-refractivity contribution in [2.24, 2.45) is 75.4 Å². The maximum atomic E-state index is 2.75. The lowest BCUT2D eigenvalue weighted by atomic mass is 9.38. The fourth-order valence-electron chi connectivity index (χ4n) is 11.4. The Morgan fingerprint density at radius 3 is 2.00 bits per heavy atom. The van der Waals surface area contributed by atoms with Crippen LogP contribution in [0.15, 0.2) is 0 Å². The van der Waals surface area contributed by atoms with E-state index in [-0.39, 0.29) is 0 Å². The lowest BCUT2D eigenvalue weighted by molar-refractivity contribution is -0.185. The van der Waals surface area contributed by atoms with E-state index >= 15 is 0 Å². The van der Waals surface area contributed by atoms with Crippen molar-refractivity contribution in [2.75, 3.05) is 0 Å². The highest BCUT2D eigenvalue weighted by Crippen LogP contribution is 2.97. The Kier molecular flexibility index (Phi) is 1.46. The smallest absolute Gasteiger partial charge is 0.0140 e. The van der Waals surface area contributed by atoms with Crippen molar-refractivity contribution < 1.29 is 0 Å². The Morgan fingerprint density at radius 1 is 0.591 bits per heavy atom. The zero-order valence-electron chi connectivity index (χ0n) is 14.2. The molecule has 0 amide bonds. The predicted molar refractivity (Wildman–Crippen MR) is 85.9 cm³/mol. The van der Waals surface area contributed by atoms with Crippen molar-refractivity contribution in [1.29, 1.82) is 0 Å². The van der Waals surface area contributed by atoms with E-state index in [2.05, 4.69) is 13.8 Å². The first-order valence-electron chi connectivity index (χ1n) is 10.6. The molecule has 0 nitrogen and oxygen atoms in total. The van der Waals surface area contributed by atoms with Crippen LogP contribution in [0.5, 0.6) is 0 Å². The first-order chi connectivity index (χ1) is 10.6. The standard InChI is InChI=1S/C22H30/c1-10-15-3-12(15)7-20(10)17-4-14(17)9-22(20)18-5-13(18)8-21(22)11(2)16-6-19(16)21/h10-19H,3-9H2,1-2H3. The van der Waals surface area contributed by atoms with Crippen LogP contribution in [0.4, 0.5) is 0 Å². The molecule has 8 saturated carbocycles. The van der Waals surface area contributed by atoms with Gasteiger partial charge < -0.3 is 0 Å². The summed E-state index contributed by atoms with van der Waals surface area (Å²) in [6.45, 7) is 5.45. The molecule has 22 heavy (non-hydrogen) atoms. The number of rotatable bonds is 0. The highest BCUT2D eigenvalue weighted by Gasteiger charge is 2.92. The maximum Gasteiger partial charge on any atom is -0.0140 e. The number of fused-ring (bicyclic) bond motifs is 9. The molecule has 0 aromatic rings. The summed E-state index contributed by atoms with van der Waals surface area (Å²) in [4.78, 5) is 0. The quantitative estimate of drug-likeness (QED) is 0.590. The molecule has 0 aromatic carbocycles. The average Bonchev–Trinajstić information content (AvgIpc) is 3.36. The van der Waals surface area contributed by atoms with Crippen LogP contribution < -0.4 is 0 Å². The van der Waals surface area contributed by atoms with Gasteiger partial charge in [0.15, 0.2) is 0 Å². The molecule has 8 aliphatic carbocycles. The average molecular weight is 294 g/mol. The molecular formula is C22H30. The van der Waals surface area contributed by atoms with E-state index in [1.165, 1.54) is 47.3 Å². The molecule has 0 aliphatic heterocycles. The van der Waals surface area contributed by atoms with Crippen LogP contribution in [-0.2, 0) is 0 Å². The second-order valence-corrected chi connectivity index (χ2v) is 11.6. The molecule has 0 aromatic heterocycles. The van der Waals surface area contributed by atoms with Crippen LogP contribution in [0.3, 0.4) is 0 Å². The fraction of sp³-hybridized carbons (Fsp3) is 1.00. The monoisotopic (exact) mass is 294 g/mol. The maximum absolute atomic E-state index is 2.75. The van der Waals surface area contributed by atoms with Crippen LogP contribution in [0.1, 0.15) is 58.8 Å². The van der Waals surface area contributed by atoms with Crippen molar-refractivity contribution >= 4 is 0 Å². The van der Waals surface area contributed by atoms with Crippen LogP contribution in [0.25, 0.3) is 0 Å². The number of hydrogen-bond acceptors (Lipinski definition) is 0. The third-order valence-electron chi connectivity index (χ3n) is 12.0. The molecule has 8 fully saturated rings. The van der Waals surface area contributed by atoms with Crippen LogP contribution in [0, 0.1) is 75.4 Å². The topological polar surface area (TPSA) is 0 Å². The van der Waals surface area contributed by atoms with E-state index < -0.39 is 0 Å². The molecule has 0 heterocycles. The molecule has 13 unspecified atom stereocenters. The van der Waals surface area contributed by atoms with E-state index in [1.54, 1.807) is 44.9 Å². The van der Waals surface area contributed by atoms with Crippen molar-refractivity contribution in [3.05, 3.63) is 0 Å². The first-order valence-corrected chi connectivity index (χ1v) is 10.6. The van der Waals surface area contributed by atoms with E-state index in [0.29, 0.717) is 0 Å². The van der Waals surface area contributed by atoms with Crippen molar-refractivity contribution in [3.63, 3.8) is 0 Å². The molecule has 0 heteroatoms. The summed E-state index contributed by atoms with van der Waals surface area (Å²) in [5.41, 5.74) is 2.62. The lowest BCUT2D eigenvalue weighted by Crippen LogP contribution is -2.61. The van der Waals surface area contributed by atoms with Gasteiger partial charge in [-0.15, -0.1) is 0 Å². The summed E-state index contributed by atoms with van der Waals surface area (Å²) in [6, 6.07) is 0. The van der Waals surface area contributed by atoms with E-state index in [4.69, 9.17) is 0 Å². The Balaban J connectivity index is 1.40. The van der Waals surface area contributed by atoms with Crippen LogP contribution in [0.2, 0.25) is 0 Å². The van der Waals surface area contributed by atoms with Gasteiger partial charge in [0.2, 0.25) is 0 Å². The minimum absolute atomic E-state index is 0.864. The third-order valence-corrected chi connectivity index (χ3v) is 12.0. The van der Waals surface area contributed by atoms with Crippen molar-refractivity contribution in [3.8, 4) is 0 Å². The van der Waals surface area contributed by atoms with Crippen LogP contribution >= 0.6 is 0 Å². The summed E-state index contributed by atoms with van der Waals surface area (Å²) < 4.78 is 0. The molecule has 3 spiro atoms. The minimum Gasteiger partial charge on any atom is -0.0617 e. The van der Waals surface area contributed by atoms with Crippen molar-refractivity contribution in [1.82, 2.24) is 0 Å². The Morgan fingerprint density at radius 2 is 1.27 bits per heavy atom.